The third kappa shape index (κ3) is 2.45. The minimum absolute atomic E-state index is 0.113. The quantitative estimate of drug-likeness (QED) is 0.749. The van der Waals surface area contributed by atoms with Gasteiger partial charge in [0.1, 0.15) is 5.82 Å². The molecule has 0 spiro atoms. The van der Waals surface area contributed by atoms with Crippen molar-refractivity contribution in [3.05, 3.63) is 35.1 Å². The van der Waals surface area contributed by atoms with Crippen molar-refractivity contribution in [2.75, 3.05) is 6.54 Å². The number of hydrogen-bond acceptors (Lipinski definition) is 2. The summed E-state index contributed by atoms with van der Waals surface area (Å²) in [6.45, 7) is -0.113. The highest BCUT2D eigenvalue weighted by Gasteiger charge is 2.35. The molecule has 4 N–H and O–H groups in total. The maximum atomic E-state index is 13.4. The van der Waals surface area contributed by atoms with Crippen molar-refractivity contribution in [3.63, 3.8) is 0 Å². The molecule has 0 aromatic heterocycles. The van der Waals surface area contributed by atoms with Gasteiger partial charge in [-0.25, -0.2) is 4.39 Å². The van der Waals surface area contributed by atoms with E-state index in [0.29, 0.717) is 6.07 Å². The highest BCUT2D eigenvalue weighted by atomic mass is 19.4. The molecule has 0 bridgehead atoms. The van der Waals surface area contributed by atoms with Crippen molar-refractivity contribution in [1.29, 1.82) is 0 Å². The van der Waals surface area contributed by atoms with E-state index in [4.69, 9.17) is 11.5 Å². The van der Waals surface area contributed by atoms with Crippen LogP contribution in [0.1, 0.15) is 17.2 Å². The Labute approximate surface area is 83.9 Å². The first-order valence-electron chi connectivity index (χ1n) is 4.19. The second-order valence-corrected chi connectivity index (χ2v) is 3.05. The van der Waals surface area contributed by atoms with Crippen LogP contribution < -0.4 is 11.5 Å². The third-order valence-electron chi connectivity index (χ3n) is 1.99. The smallest absolute Gasteiger partial charge is 0.329 e. The fraction of sp³-hybridized carbons (Fsp3) is 0.333. The van der Waals surface area contributed by atoms with Crippen LogP contribution in [0.5, 0.6) is 0 Å². The van der Waals surface area contributed by atoms with E-state index in [-0.39, 0.29) is 12.1 Å². The normalized spacial score (nSPS) is 14.0. The first-order chi connectivity index (χ1) is 6.88. The Morgan fingerprint density at radius 2 is 1.87 bits per heavy atom. The fourth-order valence-electron chi connectivity index (χ4n) is 1.18. The summed E-state index contributed by atoms with van der Waals surface area (Å²) in [6, 6.07) is 2.05. The lowest BCUT2D eigenvalue weighted by molar-refractivity contribution is -0.140. The first kappa shape index (κ1) is 11.9. The molecular weight excluding hydrogens is 212 g/mol. The summed E-state index contributed by atoms with van der Waals surface area (Å²) in [6.07, 6.45) is -4.71. The van der Waals surface area contributed by atoms with E-state index < -0.39 is 23.6 Å². The van der Waals surface area contributed by atoms with E-state index in [1.807, 2.05) is 0 Å². The zero-order valence-electron chi connectivity index (χ0n) is 7.68. The third-order valence-corrected chi connectivity index (χ3v) is 1.99. The SMILES string of the molecule is NC[C@@H](N)c1cccc(C(F)(F)F)c1F. The van der Waals surface area contributed by atoms with Gasteiger partial charge in [-0.2, -0.15) is 13.2 Å². The maximum absolute atomic E-state index is 13.4. The van der Waals surface area contributed by atoms with Crippen LogP contribution in [0.15, 0.2) is 18.2 Å². The fourth-order valence-corrected chi connectivity index (χ4v) is 1.18. The van der Waals surface area contributed by atoms with Crippen molar-refractivity contribution in [2.45, 2.75) is 12.2 Å². The molecule has 0 saturated heterocycles. The molecule has 0 amide bonds. The Hall–Kier alpha value is -1.14. The Kier molecular flexibility index (Phi) is 3.31. The minimum Gasteiger partial charge on any atom is -0.329 e. The van der Waals surface area contributed by atoms with Gasteiger partial charge in [-0.15, -0.1) is 0 Å². The first-order valence-corrected chi connectivity index (χ1v) is 4.19. The molecule has 1 aromatic carbocycles. The van der Waals surface area contributed by atoms with Crippen molar-refractivity contribution in [3.8, 4) is 0 Å². The van der Waals surface area contributed by atoms with Gasteiger partial charge in [0.15, 0.2) is 0 Å². The van der Waals surface area contributed by atoms with Gasteiger partial charge >= 0.3 is 6.18 Å². The predicted octanol–water partition coefficient (Wildman–Crippen LogP) is 1.80. The van der Waals surface area contributed by atoms with E-state index in [0.717, 1.165) is 6.07 Å². The summed E-state index contributed by atoms with van der Waals surface area (Å²) < 4.78 is 50.2. The monoisotopic (exact) mass is 222 g/mol. The van der Waals surface area contributed by atoms with Gasteiger partial charge in [0.25, 0.3) is 0 Å². The molecule has 0 aliphatic heterocycles. The van der Waals surface area contributed by atoms with Crippen LogP contribution in [-0.4, -0.2) is 6.54 Å². The molecular formula is C9H10F4N2. The van der Waals surface area contributed by atoms with Gasteiger partial charge in [-0.3, -0.25) is 0 Å². The minimum atomic E-state index is -4.71. The average Bonchev–Trinajstić information content (AvgIpc) is 2.15. The number of benzene rings is 1. The molecule has 84 valence electrons. The van der Waals surface area contributed by atoms with E-state index in [1.54, 1.807) is 0 Å². The number of alkyl halides is 3. The second kappa shape index (κ2) is 4.16. The molecule has 0 aliphatic rings. The van der Waals surface area contributed by atoms with Gasteiger partial charge in [0.2, 0.25) is 0 Å². The van der Waals surface area contributed by atoms with Crippen LogP contribution in [0, 0.1) is 5.82 Å². The molecule has 2 nitrogen and oxygen atoms in total. The number of nitrogens with two attached hydrogens (primary N) is 2. The van der Waals surface area contributed by atoms with E-state index >= 15 is 0 Å². The van der Waals surface area contributed by atoms with Crippen LogP contribution in [0.4, 0.5) is 17.6 Å². The van der Waals surface area contributed by atoms with E-state index in [9.17, 15) is 17.6 Å². The molecule has 6 heteroatoms. The molecule has 0 heterocycles. The molecule has 0 saturated carbocycles. The molecule has 1 atom stereocenters. The summed E-state index contributed by atoms with van der Waals surface area (Å²) in [5.41, 5.74) is 9.00. The summed E-state index contributed by atoms with van der Waals surface area (Å²) in [7, 11) is 0. The van der Waals surface area contributed by atoms with Crippen molar-refractivity contribution < 1.29 is 17.6 Å². The topological polar surface area (TPSA) is 52.0 Å². The van der Waals surface area contributed by atoms with Gasteiger partial charge in [0.05, 0.1) is 5.56 Å². The van der Waals surface area contributed by atoms with E-state index in [1.165, 1.54) is 6.07 Å². The average molecular weight is 222 g/mol. The van der Waals surface area contributed by atoms with Crippen LogP contribution in [0.25, 0.3) is 0 Å². The van der Waals surface area contributed by atoms with Crippen LogP contribution in [-0.2, 0) is 6.18 Å². The Morgan fingerprint density at radius 1 is 1.27 bits per heavy atom. The predicted molar refractivity (Wildman–Crippen MR) is 47.4 cm³/mol. The van der Waals surface area contributed by atoms with Gasteiger partial charge < -0.3 is 11.5 Å². The Morgan fingerprint density at radius 3 is 2.33 bits per heavy atom. The lowest BCUT2D eigenvalue weighted by atomic mass is 10.0. The Balaban J connectivity index is 3.23. The van der Waals surface area contributed by atoms with Crippen LogP contribution in [0.3, 0.4) is 0 Å². The molecule has 0 unspecified atom stereocenters. The molecule has 1 rings (SSSR count). The number of hydrogen-bond donors (Lipinski definition) is 2. The van der Waals surface area contributed by atoms with Crippen molar-refractivity contribution in [2.24, 2.45) is 11.5 Å². The molecule has 0 aliphatic carbocycles. The van der Waals surface area contributed by atoms with Crippen LogP contribution >= 0.6 is 0 Å². The van der Waals surface area contributed by atoms with Crippen LogP contribution in [0.2, 0.25) is 0 Å². The van der Waals surface area contributed by atoms with Crippen molar-refractivity contribution >= 4 is 0 Å². The largest absolute Gasteiger partial charge is 0.419 e. The lowest BCUT2D eigenvalue weighted by Gasteiger charge is -2.14. The highest BCUT2D eigenvalue weighted by molar-refractivity contribution is 5.30. The van der Waals surface area contributed by atoms with Gasteiger partial charge in [0, 0.05) is 18.2 Å². The summed E-state index contributed by atoms with van der Waals surface area (Å²) in [4.78, 5) is 0. The molecule has 15 heavy (non-hydrogen) atoms. The highest BCUT2D eigenvalue weighted by Crippen LogP contribution is 2.33. The van der Waals surface area contributed by atoms with E-state index in [2.05, 4.69) is 0 Å². The maximum Gasteiger partial charge on any atom is 0.419 e. The zero-order chi connectivity index (χ0) is 11.6. The van der Waals surface area contributed by atoms with Gasteiger partial charge in [-0.05, 0) is 6.07 Å². The van der Waals surface area contributed by atoms with Gasteiger partial charge in [-0.1, -0.05) is 12.1 Å². The molecule has 1 aromatic rings. The lowest BCUT2D eigenvalue weighted by Crippen LogP contribution is -2.23. The molecule has 0 fully saturated rings. The summed E-state index contributed by atoms with van der Waals surface area (Å²) in [5.74, 6) is -1.34. The number of halogens is 4. The summed E-state index contributed by atoms with van der Waals surface area (Å²) >= 11 is 0. The standard InChI is InChI=1S/C9H10F4N2/c10-8-5(7(15)4-14)2-1-3-6(8)9(11,12)13/h1-3,7H,4,14-15H2/t7-/m1/s1. The second-order valence-electron chi connectivity index (χ2n) is 3.05. The zero-order valence-corrected chi connectivity index (χ0v) is 7.68. The summed E-state index contributed by atoms with van der Waals surface area (Å²) in [5, 5.41) is 0. The number of rotatable bonds is 2. The van der Waals surface area contributed by atoms with Crippen molar-refractivity contribution in [1.82, 2.24) is 0 Å². The Bertz CT molecular complexity index is 348. The molecule has 0 radical (unpaired) electrons.